The second-order valence-electron chi connectivity index (χ2n) is 8.93. The maximum atomic E-state index is 13.9. The summed E-state index contributed by atoms with van der Waals surface area (Å²) in [6, 6.07) is 31.7. The first kappa shape index (κ1) is 26.4. The summed E-state index contributed by atoms with van der Waals surface area (Å²) < 4.78 is 16.4. The van der Waals surface area contributed by atoms with Crippen LogP contribution in [0.3, 0.4) is 0 Å². The van der Waals surface area contributed by atoms with E-state index in [1.54, 1.807) is 19.2 Å². The van der Waals surface area contributed by atoms with Crippen LogP contribution in [-0.2, 0) is 4.79 Å². The number of tetrazole rings is 1. The summed E-state index contributed by atoms with van der Waals surface area (Å²) in [4.78, 5) is 15.3. The SMILES string of the molecule is COc1cc(OC)c(NC(=O)C(c2ccccc2)n2nnc(C(c3ccccc3)c3ccccc3)n2)c(OC)c1. The molecule has 0 fully saturated rings. The zero-order valence-electron chi connectivity index (χ0n) is 22.4. The van der Waals surface area contributed by atoms with Crippen LogP contribution in [0.5, 0.6) is 17.2 Å². The molecule has 0 bridgehead atoms. The minimum atomic E-state index is -0.925. The highest BCUT2D eigenvalue weighted by Crippen LogP contribution is 2.39. The fourth-order valence-corrected chi connectivity index (χ4v) is 4.59. The number of nitrogens with one attached hydrogen (secondary N) is 1. The summed E-state index contributed by atoms with van der Waals surface area (Å²) in [5, 5.41) is 16.5. The molecule has 0 saturated heterocycles. The van der Waals surface area contributed by atoms with Crippen molar-refractivity contribution in [2.75, 3.05) is 26.6 Å². The number of ether oxygens (including phenoxy) is 3. The lowest BCUT2D eigenvalue weighted by Crippen LogP contribution is -2.29. The van der Waals surface area contributed by atoms with Crippen LogP contribution >= 0.6 is 0 Å². The maximum Gasteiger partial charge on any atom is 0.256 e. The van der Waals surface area contributed by atoms with Crippen molar-refractivity contribution in [3.05, 3.63) is 126 Å². The molecule has 0 radical (unpaired) electrons. The highest BCUT2D eigenvalue weighted by molar-refractivity contribution is 5.98. The van der Waals surface area contributed by atoms with Gasteiger partial charge < -0.3 is 19.5 Å². The quantitative estimate of drug-likeness (QED) is 0.265. The van der Waals surface area contributed by atoms with Crippen LogP contribution in [0, 0.1) is 0 Å². The summed E-state index contributed by atoms with van der Waals surface area (Å²) in [6.07, 6.45) is 0. The van der Waals surface area contributed by atoms with Gasteiger partial charge in [-0.15, -0.1) is 15.0 Å². The second kappa shape index (κ2) is 12.1. The first-order valence-corrected chi connectivity index (χ1v) is 12.7. The monoisotopic (exact) mass is 535 g/mol. The van der Waals surface area contributed by atoms with E-state index in [2.05, 4.69) is 15.6 Å². The van der Waals surface area contributed by atoms with Crippen LogP contribution < -0.4 is 19.5 Å². The van der Waals surface area contributed by atoms with E-state index in [0.29, 0.717) is 34.3 Å². The van der Waals surface area contributed by atoms with Gasteiger partial charge >= 0.3 is 0 Å². The number of methoxy groups -OCH3 is 3. The number of carbonyl (C=O) groups excluding carboxylic acids is 1. The molecule has 1 heterocycles. The van der Waals surface area contributed by atoms with Crippen molar-refractivity contribution in [2.45, 2.75) is 12.0 Å². The number of carbonyl (C=O) groups is 1. The van der Waals surface area contributed by atoms with E-state index in [9.17, 15) is 4.79 Å². The van der Waals surface area contributed by atoms with E-state index in [-0.39, 0.29) is 5.92 Å². The van der Waals surface area contributed by atoms with Gasteiger partial charge in [0.15, 0.2) is 11.9 Å². The van der Waals surface area contributed by atoms with Gasteiger partial charge in [0.1, 0.15) is 22.9 Å². The summed E-state index contributed by atoms with van der Waals surface area (Å²) in [5.74, 6) is 1.12. The Bertz CT molecular complexity index is 1490. The fraction of sp³-hybridized carbons (Fsp3) is 0.161. The third-order valence-corrected chi connectivity index (χ3v) is 6.53. The van der Waals surface area contributed by atoms with E-state index < -0.39 is 11.9 Å². The van der Waals surface area contributed by atoms with Crippen molar-refractivity contribution in [3.63, 3.8) is 0 Å². The summed E-state index contributed by atoms with van der Waals surface area (Å²) in [5.41, 5.74) is 3.08. The number of amides is 1. The van der Waals surface area contributed by atoms with E-state index in [4.69, 9.17) is 19.3 Å². The zero-order valence-corrected chi connectivity index (χ0v) is 22.4. The standard InChI is InChI=1S/C31H29N5O4/c1-38-24-19-25(39-2)28(26(20-24)40-3)32-31(37)29(23-17-11-6-12-18-23)36-34-30(33-35-36)27(21-13-7-4-8-14-21)22-15-9-5-10-16-22/h4-20,27,29H,1-3H3,(H,32,37). The molecule has 0 aliphatic rings. The van der Waals surface area contributed by atoms with Gasteiger partial charge in [0.25, 0.3) is 5.91 Å². The number of rotatable bonds is 10. The topological polar surface area (TPSA) is 100 Å². The minimum absolute atomic E-state index is 0.266. The molecule has 0 saturated carbocycles. The van der Waals surface area contributed by atoms with Gasteiger partial charge in [-0.05, 0) is 21.9 Å². The Hall–Kier alpha value is -5.18. The van der Waals surface area contributed by atoms with Crippen LogP contribution in [0.1, 0.15) is 34.5 Å². The molecular formula is C31H29N5O4. The molecule has 5 rings (SSSR count). The molecule has 9 heteroatoms. The number of nitrogens with zero attached hydrogens (tertiary/aromatic N) is 4. The van der Waals surface area contributed by atoms with Gasteiger partial charge in [0, 0.05) is 12.1 Å². The molecule has 0 spiro atoms. The minimum Gasteiger partial charge on any atom is -0.496 e. The van der Waals surface area contributed by atoms with Crippen molar-refractivity contribution < 1.29 is 19.0 Å². The third kappa shape index (κ3) is 5.49. The normalized spacial score (nSPS) is 11.6. The number of benzene rings is 4. The van der Waals surface area contributed by atoms with Crippen LogP contribution in [0.25, 0.3) is 0 Å². The molecule has 0 aliphatic heterocycles. The Morgan fingerprint density at radius 1 is 0.725 bits per heavy atom. The third-order valence-electron chi connectivity index (χ3n) is 6.53. The van der Waals surface area contributed by atoms with Crippen LogP contribution in [0.15, 0.2) is 103 Å². The van der Waals surface area contributed by atoms with Gasteiger partial charge in [0.2, 0.25) is 0 Å². The Balaban J connectivity index is 1.56. The molecule has 9 nitrogen and oxygen atoms in total. The molecular weight excluding hydrogens is 506 g/mol. The van der Waals surface area contributed by atoms with Crippen LogP contribution in [0.4, 0.5) is 5.69 Å². The highest BCUT2D eigenvalue weighted by Gasteiger charge is 2.30. The molecule has 4 aromatic carbocycles. The van der Waals surface area contributed by atoms with E-state index in [1.165, 1.54) is 19.0 Å². The lowest BCUT2D eigenvalue weighted by atomic mass is 9.91. The lowest BCUT2D eigenvalue weighted by molar-refractivity contribution is -0.118. The number of anilines is 1. The van der Waals surface area contributed by atoms with Crippen molar-refractivity contribution in [2.24, 2.45) is 0 Å². The number of aromatic nitrogens is 4. The van der Waals surface area contributed by atoms with Crippen molar-refractivity contribution in [1.82, 2.24) is 20.2 Å². The predicted octanol–water partition coefficient (Wildman–Crippen LogP) is 5.11. The Morgan fingerprint density at radius 3 is 1.70 bits per heavy atom. The van der Waals surface area contributed by atoms with Gasteiger partial charge in [0.05, 0.1) is 27.2 Å². The fourth-order valence-electron chi connectivity index (χ4n) is 4.59. The average Bonchev–Trinajstić information content (AvgIpc) is 3.47. The molecule has 1 unspecified atom stereocenters. The largest absolute Gasteiger partial charge is 0.496 e. The van der Waals surface area contributed by atoms with Gasteiger partial charge in [-0.3, -0.25) is 4.79 Å². The zero-order chi connectivity index (χ0) is 27.9. The van der Waals surface area contributed by atoms with Crippen LogP contribution in [0.2, 0.25) is 0 Å². The molecule has 1 atom stereocenters. The average molecular weight is 536 g/mol. The number of hydrogen-bond donors (Lipinski definition) is 1. The molecule has 0 aliphatic carbocycles. The highest BCUT2D eigenvalue weighted by atomic mass is 16.5. The van der Waals surface area contributed by atoms with E-state index >= 15 is 0 Å². The maximum absolute atomic E-state index is 13.9. The molecule has 1 aromatic heterocycles. The first-order chi connectivity index (χ1) is 19.6. The van der Waals surface area contributed by atoms with E-state index in [0.717, 1.165) is 11.1 Å². The predicted molar refractivity (Wildman–Crippen MR) is 151 cm³/mol. The Kier molecular flexibility index (Phi) is 8.01. The van der Waals surface area contributed by atoms with Gasteiger partial charge in [-0.2, -0.15) is 0 Å². The molecule has 1 N–H and O–H groups in total. The van der Waals surface area contributed by atoms with Crippen molar-refractivity contribution >= 4 is 11.6 Å². The summed E-state index contributed by atoms with van der Waals surface area (Å²) in [6.45, 7) is 0. The number of hydrogen-bond acceptors (Lipinski definition) is 7. The molecule has 202 valence electrons. The molecule has 5 aromatic rings. The second-order valence-corrected chi connectivity index (χ2v) is 8.93. The van der Waals surface area contributed by atoms with Crippen molar-refractivity contribution in [1.29, 1.82) is 0 Å². The lowest BCUT2D eigenvalue weighted by Gasteiger charge is -2.20. The van der Waals surface area contributed by atoms with E-state index in [1.807, 2.05) is 91.0 Å². The molecule has 1 amide bonds. The van der Waals surface area contributed by atoms with Crippen molar-refractivity contribution in [3.8, 4) is 17.2 Å². The first-order valence-electron chi connectivity index (χ1n) is 12.7. The Morgan fingerprint density at radius 2 is 1.23 bits per heavy atom. The van der Waals surface area contributed by atoms with Gasteiger partial charge in [-0.1, -0.05) is 91.0 Å². The summed E-state index contributed by atoms with van der Waals surface area (Å²) in [7, 11) is 4.57. The summed E-state index contributed by atoms with van der Waals surface area (Å²) >= 11 is 0. The van der Waals surface area contributed by atoms with Gasteiger partial charge in [-0.25, -0.2) is 0 Å². The van der Waals surface area contributed by atoms with Crippen LogP contribution in [-0.4, -0.2) is 47.4 Å². The molecule has 40 heavy (non-hydrogen) atoms. The Labute approximate surface area is 232 Å². The smallest absolute Gasteiger partial charge is 0.256 e.